The maximum absolute atomic E-state index is 13.9. The van der Waals surface area contributed by atoms with Crippen LogP contribution >= 0.6 is 11.6 Å². The Labute approximate surface area is 227 Å². The standard InChI is InChI=1S/C28H35ClFN3O5/c1-15-6-4-7-20(16(15)2)32-26(35)24-28-11-10-21(38-28)22(23(28)27(36)33(24)12-5-13-37-3)25(34)31-17-8-9-19(30)18(29)14-17/h8-11,14-16,20-24H,4-7,12-13H2,1-3H3,(H,31,34)(H,32,35). The molecule has 1 saturated carbocycles. The van der Waals surface area contributed by atoms with Crippen molar-refractivity contribution < 1.29 is 28.2 Å². The molecule has 2 saturated heterocycles. The lowest BCUT2D eigenvalue weighted by atomic mass is 9.73. The van der Waals surface area contributed by atoms with Gasteiger partial charge >= 0.3 is 0 Å². The summed E-state index contributed by atoms with van der Waals surface area (Å²) in [6.07, 6.45) is 6.53. The molecule has 206 valence electrons. The highest BCUT2D eigenvalue weighted by molar-refractivity contribution is 6.31. The maximum Gasteiger partial charge on any atom is 0.246 e. The van der Waals surface area contributed by atoms with Gasteiger partial charge in [-0.2, -0.15) is 0 Å². The third kappa shape index (κ3) is 4.52. The summed E-state index contributed by atoms with van der Waals surface area (Å²) in [5, 5.41) is 5.88. The SMILES string of the molecule is COCCCN1C(=O)C2C(C(=O)Nc3ccc(F)c(Cl)c3)C3C=CC2(O3)C1C(=O)NC1CCCC(C)C1C. The Morgan fingerprint density at radius 2 is 2.05 bits per heavy atom. The average molecular weight is 548 g/mol. The first-order valence-electron chi connectivity index (χ1n) is 13.4. The van der Waals surface area contributed by atoms with E-state index in [-0.39, 0.29) is 22.9 Å². The number of carbonyl (C=O) groups excluding carboxylic acids is 3. The smallest absolute Gasteiger partial charge is 0.246 e. The van der Waals surface area contributed by atoms with Crippen LogP contribution in [0.15, 0.2) is 30.4 Å². The molecule has 3 fully saturated rings. The van der Waals surface area contributed by atoms with Gasteiger partial charge in [0.1, 0.15) is 17.5 Å². The van der Waals surface area contributed by atoms with E-state index in [0.29, 0.717) is 37.1 Å². The third-order valence-corrected chi connectivity index (χ3v) is 9.18. The lowest BCUT2D eigenvalue weighted by Crippen LogP contribution is -2.58. The van der Waals surface area contributed by atoms with Gasteiger partial charge in [0.2, 0.25) is 17.7 Å². The van der Waals surface area contributed by atoms with Gasteiger partial charge in [-0.15, -0.1) is 0 Å². The van der Waals surface area contributed by atoms with Crippen LogP contribution in [0.2, 0.25) is 5.02 Å². The largest absolute Gasteiger partial charge is 0.385 e. The molecule has 1 spiro atoms. The van der Waals surface area contributed by atoms with Crippen molar-refractivity contribution in [2.45, 2.75) is 63.3 Å². The number of halogens is 2. The number of nitrogens with one attached hydrogen (secondary N) is 2. The molecule has 3 amide bonds. The predicted octanol–water partition coefficient (Wildman–Crippen LogP) is 3.55. The maximum atomic E-state index is 13.9. The van der Waals surface area contributed by atoms with Crippen LogP contribution in [0.1, 0.15) is 39.5 Å². The van der Waals surface area contributed by atoms with Gasteiger partial charge in [-0.25, -0.2) is 4.39 Å². The molecule has 10 heteroatoms. The Kier molecular flexibility index (Phi) is 7.55. The Morgan fingerprint density at radius 3 is 2.79 bits per heavy atom. The number of benzene rings is 1. The van der Waals surface area contributed by atoms with E-state index in [1.54, 1.807) is 24.2 Å². The topological polar surface area (TPSA) is 97.0 Å². The van der Waals surface area contributed by atoms with Crippen LogP contribution in [0.5, 0.6) is 0 Å². The number of fused-ring (bicyclic) bond motifs is 1. The van der Waals surface area contributed by atoms with Crippen molar-refractivity contribution in [3.63, 3.8) is 0 Å². The number of anilines is 1. The van der Waals surface area contributed by atoms with Gasteiger partial charge < -0.3 is 25.0 Å². The van der Waals surface area contributed by atoms with Crippen LogP contribution in [0.3, 0.4) is 0 Å². The molecular weight excluding hydrogens is 513 g/mol. The van der Waals surface area contributed by atoms with Crippen molar-refractivity contribution >= 4 is 35.0 Å². The van der Waals surface area contributed by atoms with Gasteiger partial charge in [0.15, 0.2) is 0 Å². The number of nitrogens with zero attached hydrogens (tertiary/aromatic N) is 1. The highest BCUT2D eigenvalue weighted by atomic mass is 35.5. The van der Waals surface area contributed by atoms with Gasteiger partial charge in [0.25, 0.3) is 0 Å². The fourth-order valence-corrected chi connectivity index (χ4v) is 6.91. The van der Waals surface area contributed by atoms with Crippen molar-refractivity contribution in [1.82, 2.24) is 10.2 Å². The van der Waals surface area contributed by atoms with Gasteiger partial charge in [-0.1, -0.05) is 50.4 Å². The van der Waals surface area contributed by atoms with E-state index in [4.69, 9.17) is 21.1 Å². The predicted molar refractivity (Wildman–Crippen MR) is 140 cm³/mol. The Bertz CT molecular complexity index is 1150. The Balaban J connectivity index is 1.42. The van der Waals surface area contributed by atoms with Gasteiger partial charge in [-0.05, 0) is 42.9 Å². The van der Waals surface area contributed by atoms with E-state index in [2.05, 4.69) is 24.5 Å². The molecule has 2 N–H and O–H groups in total. The lowest BCUT2D eigenvalue weighted by Gasteiger charge is -2.38. The molecule has 3 aliphatic heterocycles. The van der Waals surface area contributed by atoms with Crippen LogP contribution in [-0.2, 0) is 23.9 Å². The molecule has 8 unspecified atom stereocenters. The second kappa shape index (κ2) is 10.6. The summed E-state index contributed by atoms with van der Waals surface area (Å²) >= 11 is 5.89. The summed E-state index contributed by atoms with van der Waals surface area (Å²) in [6.45, 7) is 5.10. The van der Waals surface area contributed by atoms with Crippen molar-refractivity contribution in [2.75, 3.05) is 25.6 Å². The van der Waals surface area contributed by atoms with Crippen LogP contribution in [-0.4, -0.2) is 66.7 Å². The average Bonchev–Trinajstić information content (AvgIpc) is 3.52. The molecule has 8 atom stereocenters. The first-order valence-corrected chi connectivity index (χ1v) is 13.8. The summed E-state index contributed by atoms with van der Waals surface area (Å²) in [5.41, 5.74) is -0.912. The fourth-order valence-electron chi connectivity index (χ4n) is 6.73. The van der Waals surface area contributed by atoms with Gasteiger partial charge in [0, 0.05) is 32.0 Å². The van der Waals surface area contributed by atoms with Crippen molar-refractivity contribution in [2.24, 2.45) is 23.7 Å². The Hall–Kier alpha value is -2.49. The highest BCUT2D eigenvalue weighted by Crippen LogP contribution is 2.55. The third-order valence-electron chi connectivity index (χ3n) is 8.89. The van der Waals surface area contributed by atoms with E-state index in [9.17, 15) is 18.8 Å². The first kappa shape index (κ1) is 27.1. The van der Waals surface area contributed by atoms with Crippen LogP contribution < -0.4 is 10.6 Å². The molecule has 1 aromatic carbocycles. The molecule has 4 aliphatic rings. The normalized spacial score (nSPS) is 35.4. The lowest BCUT2D eigenvalue weighted by molar-refractivity contribution is -0.141. The molecular formula is C28H35ClFN3O5. The molecule has 2 bridgehead atoms. The van der Waals surface area contributed by atoms with E-state index < -0.39 is 41.3 Å². The highest BCUT2D eigenvalue weighted by Gasteiger charge is 2.72. The van der Waals surface area contributed by atoms with Crippen molar-refractivity contribution in [3.05, 3.63) is 41.2 Å². The van der Waals surface area contributed by atoms with Crippen LogP contribution in [0.25, 0.3) is 0 Å². The number of amides is 3. The summed E-state index contributed by atoms with van der Waals surface area (Å²) in [5.74, 6) is -2.44. The zero-order valence-corrected chi connectivity index (χ0v) is 22.7. The number of hydrogen-bond donors (Lipinski definition) is 2. The van der Waals surface area contributed by atoms with E-state index in [1.165, 1.54) is 18.2 Å². The first-order chi connectivity index (χ1) is 18.2. The summed E-state index contributed by atoms with van der Waals surface area (Å²) < 4.78 is 25.2. The number of ether oxygens (including phenoxy) is 2. The van der Waals surface area contributed by atoms with Gasteiger partial charge in [0.05, 0.1) is 23.0 Å². The zero-order valence-electron chi connectivity index (χ0n) is 21.9. The molecule has 0 aromatic heterocycles. The quantitative estimate of drug-likeness (QED) is 0.383. The number of rotatable bonds is 8. The van der Waals surface area contributed by atoms with Crippen LogP contribution in [0.4, 0.5) is 10.1 Å². The minimum atomic E-state index is -1.23. The minimum Gasteiger partial charge on any atom is -0.385 e. The second-order valence-corrected chi connectivity index (χ2v) is 11.5. The molecule has 3 heterocycles. The number of carbonyl (C=O) groups is 3. The van der Waals surface area contributed by atoms with E-state index in [1.807, 2.05) is 0 Å². The fraction of sp³-hybridized carbons (Fsp3) is 0.607. The van der Waals surface area contributed by atoms with Crippen molar-refractivity contribution in [3.8, 4) is 0 Å². The van der Waals surface area contributed by atoms with Crippen LogP contribution in [0, 0.1) is 29.5 Å². The Morgan fingerprint density at radius 1 is 1.26 bits per heavy atom. The second-order valence-electron chi connectivity index (χ2n) is 11.1. The zero-order chi connectivity index (χ0) is 27.2. The van der Waals surface area contributed by atoms with E-state index in [0.717, 1.165) is 19.3 Å². The molecule has 1 aromatic rings. The summed E-state index contributed by atoms with van der Waals surface area (Å²) in [7, 11) is 1.59. The van der Waals surface area contributed by atoms with E-state index >= 15 is 0 Å². The monoisotopic (exact) mass is 547 g/mol. The molecule has 0 radical (unpaired) electrons. The number of likely N-dealkylation sites (tertiary alicyclic amines) is 1. The molecule has 38 heavy (non-hydrogen) atoms. The number of methoxy groups -OCH3 is 1. The van der Waals surface area contributed by atoms with Gasteiger partial charge in [-0.3, -0.25) is 14.4 Å². The molecule has 5 rings (SSSR count). The van der Waals surface area contributed by atoms with Crippen molar-refractivity contribution in [1.29, 1.82) is 0 Å². The molecule has 8 nitrogen and oxygen atoms in total. The summed E-state index contributed by atoms with van der Waals surface area (Å²) in [6, 6.07) is 3.03. The molecule has 1 aliphatic carbocycles. The number of hydrogen-bond acceptors (Lipinski definition) is 5. The summed E-state index contributed by atoms with van der Waals surface area (Å²) in [4.78, 5) is 42.9. The minimum absolute atomic E-state index is 0.0162.